The Balaban J connectivity index is 3.17. The SMILES string of the molecule is CCc1cc(CCl)cc(N(CC(C)C)C(CC)CC)n1. The minimum atomic E-state index is 0.556. The van der Waals surface area contributed by atoms with Crippen molar-refractivity contribution in [2.45, 2.75) is 65.8 Å². The van der Waals surface area contributed by atoms with Crippen molar-refractivity contribution in [2.75, 3.05) is 11.4 Å². The number of pyridine rings is 1. The summed E-state index contributed by atoms with van der Waals surface area (Å²) in [6, 6.07) is 4.84. The molecule has 0 bridgehead atoms. The number of hydrogen-bond donors (Lipinski definition) is 0. The lowest BCUT2D eigenvalue weighted by Gasteiger charge is -2.33. The largest absolute Gasteiger partial charge is 0.353 e. The first-order chi connectivity index (χ1) is 9.55. The highest BCUT2D eigenvalue weighted by molar-refractivity contribution is 6.17. The van der Waals surface area contributed by atoms with Crippen LogP contribution in [0.15, 0.2) is 12.1 Å². The second-order valence-corrected chi connectivity index (χ2v) is 6.10. The van der Waals surface area contributed by atoms with E-state index < -0.39 is 0 Å². The third-order valence-corrected chi connectivity index (χ3v) is 3.99. The summed E-state index contributed by atoms with van der Waals surface area (Å²) in [5.74, 6) is 2.28. The standard InChI is InChI=1S/C17H29ClN2/c1-6-15-9-14(11-18)10-17(19-15)20(12-13(4)5)16(7-2)8-3/h9-10,13,16H,6-8,11-12H2,1-5H3. The van der Waals surface area contributed by atoms with Gasteiger partial charge in [-0.15, -0.1) is 11.6 Å². The van der Waals surface area contributed by atoms with Crippen molar-refractivity contribution in [3.8, 4) is 0 Å². The lowest BCUT2D eigenvalue weighted by molar-refractivity contribution is 0.503. The van der Waals surface area contributed by atoms with Crippen LogP contribution in [0.25, 0.3) is 0 Å². The van der Waals surface area contributed by atoms with Crippen molar-refractivity contribution in [2.24, 2.45) is 5.92 Å². The summed E-state index contributed by atoms with van der Waals surface area (Å²) in [4.78, 5) is 7.31. The molecule has 0 radical (unpaired) electrons. The van der Waals surface area contributed by atoms with Crippen LogP contribution in [-0.2, 0) is 12.3 Å². The Morgan fingerprint density at radius 1 is 1.15 bits per heavy atom. The number of halogens is 1. The van der Waals surface area contributed by atoms with Gasteiger partial charge in [0.1, 0.15) is 5.82 Å². The first-order valence-electron chi connectivity index (χ1n) is 7.88. The summed E-state index contributed by atoms with van der Waals surface area (Å²) in [6.45, 7) is 12.2. The van der Waals surface area contributed by atoms with E-state index in [9.17, 15) is 0 Å². The summed E-state index contributed by atoms with van der Waals surface area (Å²) >= 11 is 6.04. The summed E-state index contributed by atoms with van der Waals surface area (Å²) in [5.41, 5.74) is 2.31. The average Bonchev–Trinajstić information content (AvgIpc) is 2.46. The fourth-order valence-corrected chi connectivity index (χ4v) is 2.75. The normalized spacial score (nSPS) is 11.4. The van der Waals surface area contributed by atoms with Gasteiger partial charge in [0.25, 0.3) is 0 Å². The Hall–Kier alpha value is -0.760. The van der Waals surface area contributed by atoms with E-state index in [1.54, 1.807) is 0 Å². The zero-order chi connectivity index (χ0) is 15.1. The molecule has 20 heavy (non-hydrogen) atoms. The van der Waals surface area contributed by atoms with Gasteiger partial charge in [-0.05, 0) is 42.9 Å². The van der Waals surface area contributed by atoms with Gasteiger partial charge in [0.05, 0.1) is 0 Å². The molecule has 0 fully saturated rings. The van der Waals surface area contributed by atoms with Crippen molar-refractivity contribution in [3.63, 3.8) is 0 Å². The van der Waals surface area contributed by atoms with Gasteiger partial charge in [-0.1, -0.05) is 34.6 Å². The molecule has 0 atom stereocenters. The molecule has 0 saturated carbocycles. The summed E-state index contributed by atoms with van der Waals surface area (Å²) in [5, 5.41) is 0. The topological polar surface area (TPSA) is 16.1 Å². The first-order valence-corrected chi connectivity index (χ1v) is 8.41. The molecule has 0 spiro atoms. The van der Waals surface area contributed by atoms with E-state index in [-0.39, 0.29) is 0 Å². The summed E-state index contributed by atoms with van der Waals surface area (Å²) in [6.07, 6.45) is 3.26. The molecule has 1 heterocycles. The predicted molar refractivity (Wildman–Crippen MR) is 89.7 cm³/mol. The van der Waals surface area contributed by atoms with Gasteiger partial charge in [-0.25, -0.2) is 4.98 Å². The van der Waals surface area contributed by atoms with Gasteiger partial charge in [-0.2, -0.15) is 0 Å². The van der Waals surface area contributed by atoms with Crippen LogP contribution in [-0.4, -0.2) is 17.6 Å². The van der Waals surface area contributed by atoms with Crippen molar-refractivity contribution in [3.05, 3.63) is 23.4 Å². The molecule has 114 valence electrons. The molecule has 0 saturated heterocycles. The predicted octanol–water partition coefficient (Wildman–Crippen LogP) is 5.03. The number of nitrogens with zero attached hydrogens (tertiary/aromatic N) is 2. The van der Waals surface area contributed by atoms with Crippen molar-refractivity contribution >= 4 is 17.4 Å². The molecule has 1 aromatic rings. The molecular weight excluding hydrogens is 268 g/mol. The summed E-state index contributed by atoms with van der Waals surface area (Å²) < 4.78 is 0. The van der Waals surface area contributed by atoms with Crippen LogP contribution >= 0.6 is 11.6 Å². The quantitative estimate of drug-likeness (QED) is 0.625. The Kier molecular flexibility index (Phi) is 7.36. The smallest absolute Gasteiger partial charge is 0.129 e. The van der Waals surface area contributed by atoms with E-state index in [1.807, 2.05) is 0 Å². The molecular formula is C17H29ClN2. The molecule has 3 heteroatoms. The van der Waals surface area contributed by atoms with E-state index in [0.29, 0.717) is 17.8 Å². The maximum Gasteiger partial charge on any atom is 0.129 e. The minimum Gasteiger partial charge on any atom is -0.353 e. The molecule has 2 nitrogen and oxygen atoms in total. The maximum atomic E-state index is 6.04. The molecule has 0 amide bonds. The number of rotatable bonds is 8. The molecule has 0 aliphatic carbocycles. The number of alkyl halides is 1. The van der Waals surface area contributed by atoms with Gasteiger partial charge in [-0.3, -0.25) is 0 Å². The number of aryl methyl sites for hydroxylation is 1. The van der Waals surface area contributed by atoms with Crippen LogP contribution in [0.2, 0.25) is 0 Å². The molecule has 1 aromatic heterocycles. The highest BCUT2D eigenvalue weighted by Crippen LogP contribution is 2.23. The van der Waals surface area contributed by atoms with E-state index in [4.69, 9.17) is 16.6 Å². The van der Waals surface area contributed by atoms with Crippen LogP contribution in [0.5, 0.6) is 0 Å². The number of hydrogen-bond acceptors (Lipinski definition) is 2. The Morgan fingerprint density at radius 3 is 2.25 bits per heavy atom. The van der Waals surface area contributed by atoms with Crippen LogP contribution < -0.4 is 4.90 Å². The number of anilines is 1. The van der Waals surface area contributed by atoms with E-state index >= 15 is 0 Å². The Bertz CT molecular complexity index is 378. The summed E-state index contributed by atoms with van der Waals surface area (Å²) in [7, 11) is 0. The Labute approximate surface area is 129 Å². The molecule has 0 aromatic carbocycles. The van der Waals surface area contributed by atoms with Crippen LogP contribution in [0, 0.1) is 5.92 Å². The molecule has 1 rings (SSSR count). The lowest BCUT2D eigenvalue weighted by atomic mass is 10.1. The third-order valence-electron chi connectivity index (χ3n) is 3.68. The van der Waals surface area contributed by atoms with E-state index in [2.05, 4.69) is 51.7 Å². The van der Waals surface area contributed by atoms with Gasteiger partial charge < -0.3 is 4.90 Å². The zero-order valence-electron chi connectivity index (χ0n) is 13.6. The van der Waals surface area contributed by atoms with E-state index in [0.717, 1.165) is 37.3 Å². The van der Waals surface area contributed by atoms with Crippen molar-refractivity contribution < 1.29 is 0 Å². The van der Waals surface area contributed by atoms with Crippen molar-refractivity contribution in [1.82, 2.24) is 4.98 Å². The molecule has 0 N–H and O–H groups in total. The third kappa shape index (κ3) is 4.66. The fraction of sp³-hybridized carbons (Fsp3) is 0.706. The second-order valence-electron chi connectivity index (χ2n) is 5.83. The van der Waals surface area contributed by atoms with Crippen LogP contribution in [0.4, 0.5) is 5.82 Å². The number of aromatic nitrogens is 1. The average molecular weight is 297 g/mol. The van der Waals surface area contributed by atoms with Gasteiger partial charge >= 0.3 is 0 Å². The molecule has 0 aliphatic rings. The fourth-order valence-electron chi connectivity index (χ4n) is 2.59. The maximum absolute atomic E-state index is 6.04. The van der Waals surface area contributed by atoms with Gasteiger partial charge in [0, 0.05) is 24.2 Å². The Morgan fingerprint density at radius 2 is 1.80 bits per heavy atom. The molecule has 0 unspecified atom stereocenters. The van der Waals surface area contributed by atoms with Gasteiger partial charge in [0.15, 0.2) is 0 Å². The molecule has 0 aliphatic heterocycles. The highest BCUT2D eigenvalue weighted by Gasteiger charge is 2.19. The second kappa shape index (κ2) is 8.51. The minimum absolute atomic E-state index is 0.556. The first kappa shape index (κ1) is 17.3. The van der Waals surface area contributed by atoms with Gasteiger partial charge in [0.2, 0.25) is 0 Å². The monoisotopic (exact) mass is 296 g/mol. The lowest BCUT2D eigenvalue weighted by Crippen LogP contribution is -2.38. The zero-order valence-corrected chi connectivity index (χ0v) is 14.4. The van der Waals surface area contributed by atoms with Crippen LogP contribution in [0.1, 0.15) is 58.7 Å². The highest BCUT2D eigenvalue weighted by atomic mass is 35.5. The van der Waals surface area contributed by atoms with Crippen LogP contribution in [0.3, 0.4) is 0 Å². The van der Waals surface area contributed by atoms with Crippen molar-refractivity contribution in [1.29, 1.82) is 0 Å². The van der Waals surface area contributed by atoms with E-state index in [1.165, 1.54) is 5.56 Å².